The zero-order chi connectivity index (χ0) is 13.6. The quantitative estimate of drug-likeness (QED) is 0.816. The molecule has 4 bridgehead atoms. The van der Waals surface area contributed by atoms with Crippen LogP contribution in [0.25, 0.3) is 0 Å². The van der Waals surface area contributed by atoms with Crippen molar-refractivity contribution < 1.29 is 14.7 Å². The Morgan fingerprint density at radius 1 is 1.11 bits per heavy atom. The molecule has 0 aromatic heterocycles. The van der Waals surface area contributed by atoms with Crippen molar-refractivity contribution in [1.29, 1.82) is 0 Å². The summed E-state index contributed by atoms with van der Waals surface area (Å²) in [5.41, 5.74) is 0. The maximum absolute atomic E-state index is 11.6. The molecular weight excluding hydrogens is 242 g/mol. The van der Waals surface area contributed by atoms with E-state index in [1.165, 1.54) is 32.1 Å². The molecule has 0 saturated heterocycles. The van der Waals surface area contributed by atoms with E-state index in [0.717, 1.165) is 11.8 Å². The molecule has 0 spiro atoms. The third-order valence-corrected chi connectivity index (χ3v) is 5.77. The Morgan fingerprint density at radius 3 is 2.05 bits per heavy atom. The van der Waals surface area contributed by atoms with Crippen LogP contribution in [-0.2, 0) is 9.59 Å². The molecule has 106 valence electrons. The minimum absolute atomic E-state index is 0.138. The highest BCUT2D eigenvalue weighted by atomic mass is 16.4. The van der Waals surface area contributed by atoms with Gasteiger partial charge in [-0.25, -0.2) is 0 Å². The highest BCUT2D eigenvalue weighted by Gasteiger charge is 2.52. The molecule has 0 radical (unpaired) electrons. The smallest absolute Gasteiger partial charge is 0.307 e. The third kappa shape index (κ3) is 2.26. The lowest BCUT2D eigenvalue weighted by Crippen LogP contribution is -2.49. The van der Waals surface area contributed by atoms with Crippen LogP contribution in [0.4, 0.5) is 0 Å². The predicted molar refractivity (Wildman–Crippen MR) is 70.3 cm³/mol. The van der Waals surface area contributed by atoms with E-state index in [-0.39, 0.29) is 18.2 Å². The Hall–Kier alpha value is -1.06. The molecule has 2 N–H and O–H groups in total. The molecule has 4 heteroatoms. The number of hydrogen-bond donors (Lipinski definition) is 2. The highest BCUT2D eigenvalue weighted by molar-refractivity contribution is 5.82. The number of carboxylic acid groups (broad SMARTS) is 1. The van der Waals surface area contributed by atoms with Crippen LogP contribution in [0.1, 0.15) is 38.5 Å². The van der Waals surface area contributed by atoms with Gasteiger partial charge in [-0.3, -0.25) is 9.59 Å². The maximum atomic E-state index is 11.6. The molecule has 4 fully saturated rings. The number of carbonyl (C=O) groups excluding carboxylic acids is 1. The van der Waals surface area contributed by atoms with Gasteiger partial charge in [-0.15, -0.1) is 0 Å². The second-order valence-electron chi connectivity index (χ2n) is 6.83. The Morgan fingerprint density at radius 2 is 1.63 bits per heavy atom. The predicted octanol–water partition coefficient (Wildman–Crippen LogP) is 1.90. The minimum Gasteiger partial charge on any atom is -0.481 e. The van der Waals surface area contributed by atoms with Gasteiger partial charge in [-0.05, 0) is 61.7 Å². The second-order valence-corrected chi connectivity index (χ2v) is 6.83. The van der Waals surface area contributed by atoms with Gasteiger partial charge >= 0.3 is 5.97 Å². The van der Waals surface area contributed by atoms with E-state index in [2.05, 4.69) is 5.32 Å². The van der Waals surface area contributed by atoms with Crippen LogP contribution < -0.4 is 5.32 Å². The third-order valence-electron chi connectivity index (χ3n) is 5.77. The van der Waals surface area contributed by atoms with E-state index in [4.69, 9.17) is 0 Å². The van der Waals surface area contributed by atoms with Crippen molar-refractivity contribution in [2.24, 2.45) is 35.5 Å². The first-order valence-corrected chi connectivity index (χ1v) is 7.51. The molecule has 4 saturated carbocycles. The fourth-order valence-electron chi connectivity index (χ4n) is 5.31. The summed E-state index contributed by atoms with van der Waals surface area (Å²) in [6.45, 7) is 0. The van der Waals surface area contributed by atoms with Gasteiger partial charge in [-0.2, -0.15) is 0 Å². The van der Waals surface area contributed by atoms with Gasteiger partial charge in [0.2, 0.25) is 5.91 Å². The summed E-state index contributed by atoms with van der Waals surface area (Å²) >= 11 is 0. The average molecular weight is 265 g/mol. The summed E-state index contributed by atoms with van der Waals surface area (Å²) in [5.74, 6) is 1.64. The number of amides is 1. The molecule has 4 rings (SSSR count). The van der Waals surface area contributed by atoms with Crippen LogP contribution in [0.5, 0.6) is 0 Å². The standard InChI is InChI=1S/C15H23NO3/c1-16-13(17)7-12(15(18)19)14-10-3-8-2-9(5-10)6-11(14)4-8/h8-12,14H,2-7H2,1H3,(H,16,17)(H,18,19). The fourth-order valence-corrected chi connectivity index (χ4v) is 5.31. The molecule has 4 aliphatic rings. The van der Waals surface area contributed by atoms with Crippen molar-refractivity contribution in [3.05, 3.63) is 0 Å². The highest BCUT2D eigenvalue weighted by Crippen LogP contribution is 2.58. The maximum Gasteiger partial charge on any atom is 0.307 e. The van der Waals surface area contributed by atoms with Gasteiger partial charge in [-0.1, -0.05) is 0 Å². The molecule has 4 aliphatic carbocycles. The van der Waals surface area contributed by atoms with Gasteiger partial charge in [0, 0.05) is 13.5 Å². The lowest BCUT2D eigenvalue weighted by molar-refractivity contribution is -0.154. The molecule has 1 unspecified atom stereocenters. The Labute approximate surface area is 113 Å². The van der Waals surface area contributed by atoms with E-state index in [9.17, 15) is 14.7 Å². The van der Waals surface area contributed by atoms with Crippen LogP contribution in [-0.4, -0.2) is 24.0 Å². The molecule has 1 amide bonds. The Balaban J connectivity index is 1.78. The van der Waals surface area contributed by atoms with E-state index in [0.29, 0.717) is 11.8 Å². The summed E-state index contributed by atoms with van der Waals surface area (Å²) in [6.07, 6.45) is 6.33. The molecular formula is C15H23NO3. The van der Waals surface area contributed by atoms with Crippen molar-refractivity contribution >= 4 is 11.9 Å². The lowest BCUT2D eigenvalue weighted by Gasteiger charge is -2.55. The first-order valence-electron chi connectivity index (χ1n) is 7.51. The van der Waals surface area contributed by atoms with E-state index >= 15 is 0 Å². The number of carboxylic acids is 1. The fraction of sp³-hybridized carbons (Fsp3) is 0.867. The SMILES string of the molecule is CNC(=O)CC(C(=O)O)C1C2CC3CC(C2)CC1C3. The lowest BCUT2D eigenvalue weighted by atomic mass is 9.49. The normalized spacial score (nSPS) is 41.0. The summed E-state index contributed by atoms with van der Waals surface area (Å²) in [4.78, 5) is 23.2. The van der Waals surface area contributed by atoms with Crippen LogP contribution >= 0.6 is 0 Å². The molecule has 0 aromatic carbocycles. The zero-order valence-corrected chi connectivity index (χ0v) is 11.5. The average Bonchev–Trinajstić information content (AvgIpc) is 2.35. The molecule has 19 heavy (non-hydrogen) atoms. The van der Waals surface area contributed by atoms with Gasteiger partial charge in [0.15, 0.2) is 0 Å². The first kappa shape index (κ1) is 12.9. The first-order chi connectivity index (χ1) is 9.08. The largest absolute Gasteiger partial charge is 0.481 e. The molecule has 4 nitrogen and oxygen atoms in total. The molecule has 0 aliphatic heterocycles. The van der Waals surface area contributed by atoms with Crippen molar-refractivity contribution in [2.45, 2.75) is 38.5 Å². The number of rotatable bonds is 4. The monoisotopic (exact) mass is 265 g/mol. The second kappa shape index (κ2) is 4.80. The number of aliphatic carboxylic acids is 1. The summed E-state index contributed by atoms with van der Waals surface area (Å²) in [7, 11) is 1.58. The van der Waals surface area contributed by atoms with Gasteiger partial charge < -0.3 is 10.4 Å². The summed E-state index contributed by atoms with van der Waals surface area (Å²) in [6, 6.07) is 0. The Kier molecular flexibility index (Phi) is 3.27. The molecule has 0 aromatic rings. The van der Waals surface area contributed by atoms with Crippen LogP contribution in [0.3, 0.4) is 0 Å². The zero-order valence-electron chi connectivity index (χ0n) is 11.5. The van der Waals surface area contributed by atoms with E-state index in [1.54, 1.807) is 7.05 Å². The van der Waals surface area contributed by atoms with Crippen LogP contribution in [0.15, 0.2) is 0 Å². The number of hydrogen-bond acceptors (Lipinski definition) is 2. The summed E-state index contributed by atoms with van der Waals surface area (Å²) < 4.78 is 0. The van der Waals surface area contributed by atoms with Crippen LogP contribution in [0, 0.1) is 35.5 Å². The Bertz CT molecular complexity index is 365. The van der Waals surface area contributed by atoms with Gasteiger partial charge in [0.05, 0.1) is 5.92 Å². The topological polar surface area (TPSA) is 66.4 Å². The van der Waals surface area contributed by atoms with Crippen molar-refractivity contribution in [3.63, 3.8) is 0 Å². The van der Waals surface area contributed by atoms with Crippen molar-refractivity contribution in [3.8, 4) is 0 Å². The van der Waals surface area contributed by atoms with Gasteiger partial charge in [0.1, 0.15) is 0 Å². The molecule has 0 heterocycles. The number of carbonyl (C=O) groups is 2. The van der Waals surface area contributed by atoms with Gasteiger partial charge in [0.25, 0.3) is 0 Å². The summed E-state index contributed by atoms with van der Waals surface area (Å²) in [5, 5.41) is 12.1. The molecule has 1 atom stereocenters. The van der Waals surface area contributed by atoms with Crippen molar-refractivity contribution in [1.82, 2.24) is 5.32 Å². The number of nitrogens with one attached hydrogen (secondary N) is 1. The van der Waals surface area contributed by atoms with E-state index < -0.39 is 11.9 Å². The van der Waals surface area contributed by atoms with Crippen LogP contribution in [0.2, 0.25) is 0 Å². The van der Waals surface area contributed by atoms with Crippen molar-refractivity contribution in [2.75, 3.05) is 7.05 Å². The van der Waals surface area contributed by atoms with E-state index in [1.807, 2.05) is 0 Å². The minimum atomic E-state index is -0.777.